The molecule has 1 aromatic carbocycles. The van der Waals surface area contributed by atoms with E-state index in [-0.39, 0.29) is 16.9 Å². The summed E-state index contributed by atoms with van der Waals surface area (Å²) >= 11 is 0. The minimum atomic E-state index is -0.219. The van der Waals surface area contributed by atoms with Crippen molar-refractivity contribution in [2.75, 3.05) is 0 Å². The Balaban J connectivity index is 1.99. The summed E-state index contributed by atoms with van der Waals surface area (Å²) in [5.74, 6) is 0.502. The lowest BCUT2D eigenvalue weighted by Gasteiger charge is -1.98. The lowest BCUT2D eigenvalue weighted by atomic mass is 10.1. The van der Waals surface area contributed by atoms with Crippen LogP contribution in [0.1, 0.15) is 11.3 Å². The molecule has 0 fully saturated rings. The number of benzene rings is 1. The molecule has 0 aliphatic carbocycles. The van der Waals surface area contributed by atoms with Crippen molar-refractivity contribution in [1.29, 1.82) is 0 Å². The summed E-state index contributed by atoms with van der Waals surface area (Å²) in [6.45, 7) is 0.311. The van der Waals surface area contributed by atoms with Crippen molar-refractivity contribution in [3.63, 3.8) is 0 Å². The van der Waals surface area contributed by atoms with Crippen LogP contribution in [0.4, 0.5) is 0 Å². The fraction of sp³-hybridized carbons (Fsp3) is 0.0667. The summed E-state index contributed by atoms with van der Waals surface area (Å²) in [5, 5.41) is 10.5. The Kier molecular flexibility index (Phi) is 3.09. The molecule has 0 atom stereocenters. The van der Waals surface area contributed by atoms with Gasteiger partial charge in [0.25, 0.3) is 0 Å². The van der Waals surface area contributed by atoms with Crippen LogP contribution >= 0.6 is 0 Å². The van der Waals surface area contributed by atoms with Crippen molar-refractivity contribution in [2.24, 2.45) is 0 Å². The van der Waals surface area contributed by atoms with Gasteiger partial charge in [-0.05, 0) is 24.3 Å². The van der Waals surface area contributed by atoms with E-state index in [4.69, 9.17) is 4.42 Å². The molecule has 2 aromatic heterocycles. The number of furan rings is 1. The van der Waals surface area contributed by atoms with E-state index in [2.05, 4.69) is 9.98 Å². The predicted octanol–water partition coefficient (Wildman–Crippen LogP) is 0.707. The minimum absolute atomic E-state index is 0.173. The highest BCUT2D eigenvalue weighted by atomic mass is 16.3. The smallest absolute Gasteiger partial charge is 0.371 e. The highest BCUT2D eigenvalue weighted by molar-refractivity contribution is 5.92. The summed E-state index contributed by atoms with van der Waals surface area (Å²) in [7, 11) is 0. The highest BCUT2D eigenvalue weighted by Crippen LogP contribution is 2.06. The van der Waals surface area contributed by atoms with Crippen LogP contribution in [0.3, 0.4) is 0 Å². The zero-order chi connectivity index (χ0) is 13.9. The average molecular weight is 269 g/mol. The number of aromatic nitrogens is 1. The molecule has 0 aliphatic rings. The van der Waals surface area contributed by atoms with Gasteiger partial charge in [-0.2, -0.15) is 0 Å². The van der Waals surface area contributed by atoms with Crippen LogP contribution in [0, 0.1) is 0 Å². The minimum Gasteiger partial charge on any atom is -0.463 e. The number of aliphatic hydroxyl groups is 1. The SMILES string of the molecule is O=c1c(C(O)=[NH+]Cc2ccco2)c[nH]c2ccccc12. The average Bonchev–Trinajstić information content (AvgIpc) is 2.99. The van der Waals surface area contributed by atoms with Gasteiger partial charge in [0, 0.05) is 17.1 Å². The van der Waals surface area contributed by atoms with Gasteiger partial charge >= 0.3 is 5.90 Å². The topological polar surface area (TPSA) is 80.2 Å². The Bertz CT molecular complexity index is 817. The van der Waals surface area contributed by atoms with E-state index < -0.39 is 0 Å². The molecule has 5 nitrogen and oxygen atoms in total. The van der Waals surface area contributed by atoms with Gasteiger partial charge in [-0.3, -0.25) is 4.79 Å². The van der Waals surface area contributed by atoms with Gasteiger partial charge in [-0.15, -0.1) is 0 Å². The molecule has 3 N–H and O–H groups in total. The monoisotopic (exact) mass is 269 g/mol. The van der Waals surface area contributed by atoms with Gasteiger partial charge in [0.15, 0.2) is 5.76 Å². The second-order valence-corrected chi connectivity index (χ2v) is 4.36. The molecule has 0 amide bonds. The lowest BCUT2D eigenvalue weighted by molar-refractivity contribution is -0.486. The normalized spacial score (nSPS) is 11.9. The Morgan fingerprint density at radius 2 is 2.10 bits per heavy atom. The van der Waals surface area contributed by atoms with Crippen LogP contribution in [-0.2, 0) is 6.54 Å². The molecule has 3 aromatic rings. The van der Waals surface area contributed by atoms with E-state index in [1.165, 1.54) is 6.20 Å². The summed E-state index contributed by atoms with van der Waals surface area (Å²) in [5.41, 5.74) is 0.721. The summed E-state index contributed by atoms with van der Waals surface area (Å²) in [4.78, 5) is 18.0. The number of aliphatic hydroxyl groups excluding tert-OH is 1. The highest BCUT2D eigenvalue weighted by Gasteiger charge is 2.14. The lowest BCUT2D eigenvalue weighted by Crippen LogP contribution is -2.72. The van der Waals surface area contributed by atoms with E-state index in [1.54, 1.807) is 30.5 Å². The second kappa shape index (κ2) is 5.05. The van der Waals surface area contributed by atoms with E-state index in [9.17, 15) is 9.90 Å². The third-order valence-corrected chi connectivity index (χ3v) is 3.05. The van der Waals surface area contributed by atoms with Crippen LogP contribution in [0.15, 0.2) is 58.1 Å². The molecule has 3 rings (SSSR count). The second-order valence-electron chi connectivity index (χ2n) is 4.36. The molecule has 0 saturated carbocycles. The van der Waals surface area contributed by atoms with E-state index in [0.717, 1.165) is 5.52 Å². The Morgan fingerprint density at radius 3 is 2.90 bits per heavy atom. The standard InChI is InChI=1S/C15H12N2O3/c18-14-11-5-1-2-6-13(11)16-9-12(14)15(19)17-8-10-4-3-7-20-10/h1-7,9H,8H2,(H,16,18)(H,17,19)/p+1. The summed E-state index contributed by atoms with van der Waals surface area (Å²) in [6.07, 6.45) is 3.05. The number of fused-ring (bicyclic) bond motifs is 1. The zero-order valence-electron chi connectivity index (χ0n) is 10.6. The van der Waals surface area contributed by atoms with Crippen LogP contribution < -0.4 is 10.4 Å². The maximum absolute atomic E-state index is 12.3. The fourth-order valence-corrected chi connectivity index (χ4v) is 2.02. The maximum Gasteiger partial charge on any atom is 0.371 e. The summed E-state index contributed by atoms with van der Waals surface area (Å²) < 4.78 is 5.15. The zero-order valence-corrected chi connectivity index (χ0v) is 10.6. The van der Waals surface area contributed by atoms with E-state index >= 15 is 0 Å². The van der Waals surface area contributed by atoms with Gasteiger partial charge in [0.05, 0.1) is 6.26 Å². The number of aromatic amines is 1. The molecule has 100 valence electrons. The third kappa shape index (κ3) is 2.21. The predicted molar refractivity (Wildman–Crippen MR) is 74.7 cm³/mol. The Morgan fingerprint density at radius 1 is 1.25 bits per heavy atom. The van der Waals surface area contributed by atoms with Gasteiger partial charge in [0.2, 0.25) is 12.0 Å². The van der Waals surface area contributed by atoms with Crippen LogP contribution in [-0.4, -0.2) is 16.0 Å². The molecule has 0 aliphatic heterocycles. The van der Waals surface area contributed by atoms with Crippen molar-refractivity contribution in [3.05, 3.63) is 70.4 Å². The van der Waals surface area contributed by atoms with Gasteiger partial charge in [0.1, 0.15) is 5.56 Å². The van der Waals surface area contributed by atoms with Crippen LogP contribution in [0.25, 0.3) is 10.9 Å². The fourth-order valence-electron chi connectivity index (χ4n) is 2.02. The molecule has 20 heavy (non-hydrogen) atoms. The molecule has 5 heteroatoms. The number of pyridine rings is 1. The molecule has 0 unspecified atom stereocenters. The van der Waals surface area contributed by atoms with Crippen LogP contribution in [0.2, 0.25) is 0 Å². The first-order chi connectivity index (χ1) is 9.75. The summed E-state index contributed by atoms with van der Waals surface area (Å²) in [6, 6.07) is 10.7. The third-order valence-electron chi connectivity index (χ3n) is 3.05. The van der Waals surface area contributed by atoms with Crippen molar-refractivity contribution in [2.45, 2.75) is 6.54 Å². The van der Waals surface area contributed by atoms with Crippen molar-refractivity contribution < 1.29 is 14.5 Å². The Hall–Kier alpha value is -2.82. The number of hydrogen-bond donors (Lipinski definition) is 3. The van der Waals surface area contributed by atoms with E-state index in [1.807, 2.05) is 12.1 Å². The van der Waals surface area contributed by atoms with Crippen molar-refractivity contribution in [3.8, 4) is 0 Å². The number of rotatable bonds is 3. The molecule has 0 saturated heterocycles. The molecule has 0 spiro atoms. The van der Waals surface area contributed by atoms with E-state index in [0.29, 0.717) is 17.7 Å². The van der Waals surface area contributed by atoms with Gasteiger partial charge in [-0.25, -0.2) is 4.99 Å². The first kappa shape index (κ1) is 12.2. The molecule has 0 radical (unpaired) electrons. The first-order valence-electron chi connectivity index (χ1n) is 6.18. The van der Waals surface area contributed by atoms with Gasteiger partial charge < -0.3 is 14.5 Å². The molecule has 0 bridgehead atoms. The number of nitrogens with one attached hydrogen (secondary N) is 2. The maximum atomic E-state index is 12.3. The van der Waals surface area contributed by atoms with Crippen LogP contribution in [0.5, 0.6) is 0 Å². The number of H-pyrrole nitrogens is 1. The largest absolute Gasteiger partial charge is 0.463 e. The Labute approximate surface area is 114 Å². The molecule has 2 heterocycles. The first-order valence-corrected chi connectivity index (χ1v) is 6.18. The van der Waals surface area contributed by atoms with Crippen molar-refractivity contribution in [1.82, 2.24) is 4.98 Å². The number of para-hydroxylation sites is 1. The quantitative estimate of drug-likeness (QED) is 0.484. The molecular weight excluding hydrogens is 256 g/mol. The van der Waals surface area contributed by atoms with Gasteiger partial charge in [-0.1, -0.05) is 12.1 Å². The van der Waals surface area contributed by atoms with Crippen molar-refractivity contribution >= 4 is 16.8 Å². The molecular formula is C15H13N2O3+. The number of hydrogen-bond acceptors (Lipinski definition) is 2.